The van der Waals surface area contributed by atoms with Gasteiger partial charge in [-0.1, -0.05) is 30.3 Å². The molecule has 0 saturated carbocycles. The number of methoxy groups -OCH3 is 1. The third-order valence-corrected chi connectivity index (χ3v) is 3.29. The zero-order valence-electron chi connectivity index (χ0n) is 13.8. The van der Waals surface area contributed by atoms with Gasteiger partial charge in [-0.3, -0.25) is 4.99 Å². The minimum absolute atomic E-state index is 0.230. The van der Waals surface area contributed by atoms with Crippen molar-refractivity contribution >= 4 is 5.96 Å². The number of nitrogens with zero attached hydrogens (tertiary/aromatic N) is 1. The SMILES string of the molecule is CCNC(=NCC(C)(C)OC)NCCCc1ccccc1. The van der Waals surface area contributed by atoms with Crippen LogP contribution in [0, 0.1) is 0 Å². The summed E-state index contributed by atoms with van der Waals surface area (Å²) in [7, 11) is 1.72. The number of hydrogen-bond acceptors (Lipinski definition) is 2. The van der Waals surface area contributed by atoms with E-state index in [1.807, 2.05) is 13.8 Å². The van der Waals surface area contributed by atoms with Gasteiger partial charge in [-0.25, -0.2) is 0 Å². The lowest BCUT2D eigenvalue weighted by Crippen LogP contribution is -2.39. The second-order valence-corrected chi connectivity index (χ2v) is 5.67. The van der Waals surface area contributed by atoms with Gasteiger partial charge in [-0.15, -0.1) is 0 Å². The molecule has 2 N–H and O–H groups in total. The summed E-state index contributed by atoms with van der Waals surface area (Å²) in [5.74, 6) is 0.857. The van der Waals surface area contributed by atoms with Crippen LogP contribution in [-0.4, -0.2) is 38.3 Å². The number of benzene rings is 1. The van der Waals surface area contributed by atoms with Crippen molar-refractivity contribution in [2.45, 2.75) is 39.2 Å². The molecule has 118 valence electrons. The number of aliphatic imine (C=N–C) groups is 1. The van der Waals surface area contributed by atoms with E-state index in [1.165, 1.54) is 5.56 Å². The summed E-state index contributed by atoms with van der Waals surface area (Å²) in [5.41, 5.74) is 1.15. The van der Waals surface area contributed by atoms with Gasteiger partial charge in [-0.2, -0.15) is 0 Å². The maximum atomic E-state index is 5.39. The van der Waals surface area contributed by atoms with Crippen molar-refractivity contribution in [3.63, 3.8) is 0 Å². The van der Waals surface area contributed by atoms with Crippen molar-refractivity contribution in [3.8, 4) is 0 Å². The van der Waals surface area contributed by atoms with E-state index in [-0.39, 0.29) is 5.60 Å². The van der Waals surface area contributed by atoms with Gasteiger partial charge in [-0.05, 0) is 39.2 Å². The molecule has 0 aliphatic rings. The second kappa shape index (κ2) is 9.40. The first-order valence-corrected chi connectivity index (χ1v) is 7.68. The van der Waals surface area contributed by atoms with E-state index < -0.39 is 0 Å². The molecule has 1 aromatic rings. The Bertz CT molecular complexity index is 415. The number of aryl methyl sites for hydroxylation is 1. The number of rotatable bonds is 8. The molecule has 0 aliphatic carbocycles. The fraction of sp³-hybridized carbons (Fsp3) is 0.588. The highest BCUT2D eigenvalue weighted by Gasteiger charge is 2.15. The number of hydrogen-bond donors (Lipinski definition) is 2. The van der Waals surface area contributed by atoms with Crippen molar-refractivity contribution in [1.29, 1.82) is 0 Å². The molecular weight excluding hydrogens is 262 g/mol. The third kappa shape index (κ3) is 7.71. The lowest BCUT2D eigenvalue weighted by atomic mass is 10.1. The van der Waals surface area contributed by atoms with Gasteiger partial charge in [0.05, 0.1) is 12.1 Å². The average Bonchev–Trinajstić information content (AvgIpc) is 2.50. The van der Waals surface area contributed by atoms with Crippen LogP contribution in [0.15, 0.2) is 35.3 Å². The molecule has 0 heterocycles. The third-order valence-electron chi connectivity index (χ3n) is 3.29. The molecule has 0 atom stereocenters. The summed E-state index contributed by atoms with van der Waals surface area (Å²) in [6, 6.07) is 10.6. The maximum absolute atomic E-state index is 5.39. The predicted octanol–water partition coefficient (Wildman–Crippen LogP) is 2.60. The molecule has 1 aromatic carbocycles. The van der Waals surface area contributed by atoms with Crippen LogP contribution in [0.4, 0.5) is 0 Å². The average molecular weight is 291 g/mol. The first-order chi connectivity index (χ1) is 10.1. The van der Waals surface area contributed by atoms with E-state index in [2.05, 4.69) is 52.9 Å². The molecule has 0 aliphatic heterocycles. The Labute approximate surface area is 129 Å². The summed E-state index contributed by atoms with van der Waals surface area (Å²) < 4.78 is 5.39. The molecule has 0 bridgehead atoms. The quantitative estimate of drug-likeness (QED) is 0.440. The molecule has 4 nitrogen and oxygen atoms in total. The Kier molecular flexibility index (Phi) is 7.83. The van der Waals surface area contributed by atoms with Gasteiger partial charge in [0, 0.05) is 20.2 Å². The lowest BCUT2D eigenvalue weighted by molar-refractivity contribution is 0.0310. The van der Waals surface area contributed by atoms with Crippen LogP contribution < -0.4 is 10.6 Å². The van der Waals surface area contributed by atoms with E-state index in [0.29, 0.717) is 6.54 Å². The lowest BCUT2D eigenvalue weighted by Gasteiger charge is -2.21. The van der Waals surface area contributed by atoms with Gasteiger partial charge in [0.15, 0.2) is 5.96 Å². The highest BCUT2D eigenvalue weighted by Crippen LogP contribution is 2.07. The Morgan fingerprint density at radius 1 is 1.19 bits per heavy atom. The Balaban J connectivity index is 2.35. The summed E-state index contributed by atoms with van der Waals surface area (Å²) in [4.78, 5) is 4.57. The molecule has 0 amide bonds. The molecule has 0 fully saturated rings. The normalized spacial score (nSPS) is 12.3. The summed E-state index contributed by atoms with van der Waals surface area (Å²) in [6.07, 6.45) is 2.17. The van der Waals surface area contributed by atoms with Gasteiger partial charge in [0.2, 0.25) is 0 Å². The molecule has 0 spiro atoms. The first-order valence-electron chi connectivity index (χ1n) is 7.68. The molecule has 4 heteroatoms. The van der Waals surface area contributed by atoms with Gasteiger partial charge < -0.3 is 15.4 Å². The summed E-state index contributed by atoms with van der Waals surface area (Å²) in [5, 5.41) is 6.63. The minimum Gasteiger partial charge on any atom is -0.377 e. The van der Waals surface area contributed by atoms with Crippen LogP contribution in [0.3, 0.4) is 0 Å². The molecule has 0 unspecified atom stereocenters. The molecular formula is C17H29N3O. The summed E-state index contributed by atoms with van der Waals surface area (Å²) >= 11 is 0. The highest BCUT2D eigenvalue weighted by atomic mass is 16.5. The van der Waals surface area contributed by atoms with Crippen LogP contribution in [0.25, 0.3) is 0 Å². The van der Waals surface area contributed by atoms with Crippen molar-refractivity contribution in [1.82, 2.24) is 10.6 Å². The highest BCUT2D eigenvalue weighted by molar-refractivity contribution is 5.79. The van der Waals surface area contributed by atoms with Crippen LogP contribution in [0.5, 0.6) is 0 Å². The summed E-state index contributed by atoms with van der Waals surface area (Å²) in [6.45, 7) is 8.55. The van der Waals surface area contributed by atoms with E-state index >= 15 is 0 Å². The minimum atomic E-state index is -0.230. The van der Waals surface area contributed by atoms with E-state index in [4.69, 9.17) is 4.74 Å². The predicted molar refractivity (Wildman–Crippen MR) is 89.8 cm³/mol. The standard InChI is InChI=1S/C17H29N3O/c1-5-18-16(20-14-17(2,3)21-4)19-13-9-12-15-10-7-6-8-11-15/h6-8,10-11H,5,9,12-14H2,1-4H3,(H2,18,19,20). The number of ether oxygens (including phenoxy) is 1. The van der Waals surface area contributed by atoms with Crippen LogP contribution >= 0.6 is 0 Å². The van der Waals surface area contributed by atoms with Crippen molar-refractivity contribution in [2.75, 3.05) is 26.7 Å². The van der Waals surface area contributed by atoms with Crippen LogP contribution in [0.2, 0.25) is 0 Å². The Morgan fingerprint density at radius 3 is 2.52 bits per heavy atom. The zero-order chi connectivity index (χ0) is 15.6. The number of nitrogens with one attached hydrogen (secondary N) is 2. The monoisotopic (exact) mass is 291 g/mol. The van der Waals surface area contributed by atoms with Crippen LogP contribution in [0.1, 0.15) is 32.8 Å². The van der Waals surface area contributed by atoms with Crippen molar-refractivity contribution in [2.24, 2.45) is 4.99 Å². The van der Waals surface area contributed by atoms with Gasteiger partial charge >= 0.3 is 0 Å². The molecule has 1 rings (SSSR count). The molecule has 0 aromatic heterocycles. The smallest absolute Gasteiger partial charge is 0.191 e. The van der Waals surface area contributed by atoms with Gasteiger partial charge in [0.1, 0.15) is 0 Å². The largest absolute Gasteiger partial charge is 0.377 e. The fourth-order valence-electron chi connectivity index (χ4n) is 1.82. The van der Waals surface area contributed by atoms with E-state index in [9.17, 15) is 0 Å². The van der Waals surface area contributed by atoms with Gasteiger partial charge in [0.25, 0.3) is 0 Å². The second-order valence-electron chi connectivity index (χ2n) is 5.67. The molecule has 0 saturated heterocycles. The molecule has 0 radical (unpaired) electrons. The fourth-order valence-corrected chi connectivity index (χ4v) is 1.82. The molecule has 21 heavy (non-hydrogen) atoms. The Hall–Kier alpha value is -1.55. The van der Waals surface area contributed by atoms with E-state index in [1.54, 1.807) is 7.11 Å². The first kappa shape index (κ1) is 17.5. The van der Waals surface area contributed by atoms with Crippen molar-refractivity contribution in [3.05, 3.63) is 35.9 Å². The Morgan fingerprint density at radius 2 is 1.90 bits per heavy atom. The van der Waals surface area contributed by atoms with E-state index in [0.717, 1.165) is 31.9 Å². The number of guanidine groups is 1. The zero-order valence-corrected chi connectivity index (χ0v) is 13.8. The van der Waals surface area contributed by atoms with Crippen molar-refractivity contribution < 1.29 is 4.74 Å². The van der Waals surface area contributed by atoms with Crippen LogP contribution in [-0.2, 0) is 11.2 Å². The topological polar surface area (TPSA) is 45.7 Å². The maximum Gasteiger partial charge on any atom is 0.191 e.